The fourth-order valence-electron chi connectivity index (χ4n) is 4.98. The lowest BCUT2D eigenvalue weighted by Gasteiger charge is -2.27. The first-order chi connectivity index (χ1) is 18.9. The summed E-state index contributed by atoms with van der Waals surface area (Å²) in [4.78, 5) is 22.2. The number of amides is 1. The fraction of sp³-hybridized carbons (Fsp3) is 0.200. The Bertz CT molecular complexity index is 1740. The van der Waals surface area contributed by atoms with Gasteiger partial charge in [-0.3, -0.25) is 9.69 Å². The molecule has 3 aromatic carbocycles. The molecular weight excluding hydrogens is 547 g/mol. The topological polar surface area (TPSA) is 79.4 Å². The minimum absolute atomic E-state index is 0.0573. The molecule has 0 aliphatic carbocycles. The number of hydrogen-bond acceptors (Lipinski definition) is 7. The lowest BCUT2D eigenvalue weighted by Crippen LogP contribution is -2.29. The Morgan fingerprint density at radius 1 is 0.974 bits per heavy atom. The number of thiazole rings is 1. The van der Waals surface area contributed by atoms with Crippen LogP contribution in [-0.2, 0) is 29.3 Å². The van der Waals surface area contributed by atoms with E-state index in [2.05, 4.69) is 40.5 Å². The van der Waals surface area contributed by atoms with Gasteiger partial charge in [0.15, 0.2) is 9.84 Å². The maximum Gasteiger partial charge on any atom is 0.257 e. The third kappa shape index (κ3) is 5.15. The van der Waals surface area contributed by atoms with E-state index in [4.69, 9.17) is 4.98 Å². The molecule has 0 unspecified atom stereocenters. The number of nitrogens with one attached hydrogen (secondary N) is 1. The van der Waals surface area contributed by atoms with Crippen LogP contribution in [0.25, 0.3) is 20.8 Å². The number of hydrogen-bond donors (Lipinski definition) is 1. The molecule has 0 spiro atoms. The van der Waals surface area contributed by atoms with Crippen LogP contribution >= 0.6 is 22.7 Å². The van der Waals surface area contributed by atoms with Crippen molar-refractivity contribution in [2.45, 2.75) is 31.3 Å². The summed E-state index contributed by atoms with van der Waals surface area (Å²) in [5, 5.41) is 4.68. The molecule has 39 heavy (non-hydrogen) atoms. The van der Waals surface area contributed by atoms with Crippen molar-refractivity contribution in [3.8, 4) is 10.6 Å². The minimum Gasteiger partial charge on any atom is -0.313 e. The molecule has 0 atom stereocenters. The third-order valence-electron chi connectivity index (χ3n) is 6.97. The molecule has 0 radical (unpaired) electrons. The van der Waals surface area contributed by atoms with E-state index < -0.39 is 15.7 Å². The molecular formula is C30H27N3O3S3. The van der Waals surface area contributed by atoms with Crippen molar-refractivity contribution in [2.24, 2.45) is 0 Å². The molecule has 1 aliphatic heterocycles. The molecule has 0 saturated heterocycles. The number of benzene rings is 3. The summed E-state index contributed by atoms with van der Waals surface area (Å²) in [6.45, 7) is 4.13. The summed E-state index contributed by atoms with van der Waals surface area (Å²) in [5.41, 5.74) is 4.53. The van der Waals surface area contributed by atoms with Crippen LogP contribution < -0.4 is 5.32 Å². The van der Waals surface area contributed by atoms with Gasteiger partial charge in [0.25, 0.3) is 5.91 Å². The van der Waals surface area contributed by atoms with Gasteiger partial charge in [-0.2, -0.15) is 0 Å². The van der Waals surface area contributed by atoms with Gasteiger partial charge >= 0.3 is 0 Å². The maximum absolute atomic E-state index is 13.6. The highest BCUT2D eigenvalue weighted by atomic mass is 32.2. The summed E-state index contributed by atoms with van der Waals surface area (Å²) in [6.07, 6.45) is 0.848. The summed E-state index contributed by atoms with van der Waals surface area (Å²) >= 11 is 3.18. The Morgan fingerprint density at radius 2 is 1.72 bits per heavy atom. The molecule has 0 bridgehead atoms. The highest BCUT2D eigenvalue weighted by Crippen LogP contribution is 2.46. The normalized spacial score (nSPS) is 13.9. The number of nitrogens with zero attached hydrogens (tertiary/aromatic N) is 2. The van der Waals surface area contributed by atoms with Gasteiger partial charge in [-0.1, -0.05) is 61.5 Å². The molecule has 0 fully saturated rings. The average Bonchev–Trinajstić information content (AvgIpc) is 3.54. The first-order valence-corrected chi connectivity index (χ1v) is 16.1. The monoisotopic (exact) mass is 573 g/mol. The smallest absolute Gasteiger partial charge is 0.257 e. The van der Waals surface area contributed by atoms with Crippen molar-refractivity contribution in [1.82, 2.24) is 9.88 Å². The molecule has 1 aliphatic rings. The zero-order valence-electron chi connectivity index (χ0n) is 21.4. The van der Waals surface area contributed by atoms with Crippen LogP contribution in [0.2, 0.25) is 0 Å². The standard InChI is InChI=1S/C30H27N3O3S3/c1-2-39(35,36)26-15-9-6-12-22(26)28(34)32-30-27(29-31-23-13-7-8-14-24(23)37-29)21-16-17-33(19-25(21)38-30)18-20-10-4-3-5-11-20/h3-15H,2,16-19H2,1H3,(H,32,34). The zero-order chi connectivity index (χ0) is 27.0. The van der Waals surface area contributed by atoms with Gasteiger partial charge in [-0.15, -0.1) is 22.7 Å². The molecule has 1 N–H and O–H groups in total. The number of carbonyl (C=O) groups excluding carboxylic acids is 1. The van der Waals surface area contributed by atoms with Gasteiger partial charge in [-0.05, 0) is 41.8 Å². The second-order valence-electron chi connectivity index (χ2n) is 9.49. The highest BCUT2D eigenvalue weighted by molar-refractivity contribution is 7.91. The summed E-state index contributed by atoms with van der Waals surface area (Å²) in [6, 6.07) is 24.9. The van der Waals surface area contributed by atoms with Crippen molar-refractivity contribution in [1.29, 1.82) is 0 Å². The van der Waals surface area contributed by atoms with E-state index in [1.165, 1.54) is 22.1 Å². The highest BCUT2D eigenvalue weighted by Gasteiger charge is 2.29. The molecule has 5 aromatic rings. The molecule has 1 amide bonds. The summed E-state index contributed by atoms with van der Waals surface area (Å²) in [7, 11) is -3.56. The van der Waals surface area contributed by atoms with Crippen LogP contribution in [-0.4, -0.2) is 36.5 Å². The van der Waals surface area contributed by atoms with Crippen molar-refractivity contribution in [3.63, 3.8) is 0 Å². The average molecular weight is 574 g/mol. The zero-order valence-corrected chi connectivity index (χ0v) is 23.8. The van der Waals surface area contributed by atoms with E-state index in [9.17, 15) is 13.2 Å². The molecule has 3 heterocycles. The van der Waals surface area contributed by atoms with Gasteiger partial charge in [-0.25, -0.2) is 13.4 Å². The number of rotatable bonds is 7. The minimum atomic E-state index is -3.56. The third-order valence-corrected chi connectivity index (χ3v) is 10.9. The van der Waals surface area contributed by atoms with Crippen LogP contribution in [0.5, 0.6) is 0 Å². The van der Waals surface area contributed by atoms with Crippen molar-refractivity contribution in [3.05, 3.63) is 100 Å². The second-order valence-corrected chi connectivity index (χ2v) is 13.9. The maximum atomic E-state index is 13.6. The second kappa shape index (κ2) is 10.7. The number of fused-ring (bicyclic) bond motifs is 2. The Balaban J connectivity index is 1.39. The van der Waals surface area contributed by atoms with Gasteiger partial charge < -0.3 is 5.32 Å². The lowest BCUT2D eigenvalue weighted by molar-refractivity contribution is 0.102. The molecule has 0 saturated carbocycles. The Hall–Kier alpha value is -3.37. The SMILES string of the molecule is CCS(=O)(=O)c1ccccc1C(=O)Nc1sc2c(c1-c1nc3ccccc3s1)CCN(Cc1ccccc1)C2. The first kappa shape index (κ1) is 25.9. The van der Waals surface area contributed by atoms with E-state index in [0.717, 1.165) is 46.8 Å². The van der Waals surface area contributed by atoms with Crippen LogP contribution in [0.3, 0.4) is 0 Å². The predicted molar refractivity (Wildman–Crippen MR) is 159 cm³/mol. The lowest BCUT2D eigenvalue weighted by atomic mass is 10.0. The number of carbonyl (C=O) groups is 1. The fourth-order valence-corrected chi connectivity index (χ4v) is 8.47. The number of sulfone groups is 1. The van der Waals surface area contributed by atoms with E-state index in [1.54, 1.807) is 47.8 Å². The van der Waals surface area contributed by atoms with Gasteiger partial charge in [0, 0.05) is 30.1 Å². The Kier molecular flexibility index (Phi) is 7.07. The molecule has 6 rings (SSSR count). The van der Waals surface area contributed by atoms with Crippen LogP contribution in [0, 0.1) is 0 Å². The number of anilines is 1. The van der Waals surface area contributed by atoms with Crippen LogP contribution in [0.1, 0.15) is 33.3 Å². The summed E-state index contributed by atoms with van der Waals surface area (Å²) < 4.78 is 26.5. The van der Waals surface area contributed by atoms with Gasteiger partial charge in [0.1, 0.15) is 10.0 Å². The van der Waals surface area contributed by atoms with Crippen LogP contribution in [0.15, 0.2) is 83.8 Å². The van der Waals surface area contributed by atoms with Gasteiger partial charge in [0.05, 0.1) is 26.4 Å². The van der Waals surface area contributed by atoms with Crippen molar-refractivity contribution >= 4 is 53.6 Å². The first-order valence-electron chi connectivity index (χ1n) is 12.8. The van der Waals surface area contributed by atoms with E-state index in [-0.39, 0.29) is 16.2 Å². The molecule has 2 aromatic heterocycles. The quantitative estimate of drug-likeness (QED) is 0.236. The number of aromatic nitrogens is 1. The van der Waals surface area contributed by atoms with E-state index >= 15 is 0 Å². The van der Waals surface area contributed by atoms with E-state index in [1.807, 2.05) is 24.3 Å². The molecule has 9 heteroatoms. The number of thiophene rings is 1. The van der Waals surface area contributed by atoms with Crippen molar-refractivity contribution < 1.29 is 13.2 Å². The predicted octanol–water partition coefficient (Wildman–Crippen LogP) is 6.63. The Labute approximate surface area is 235 Å². The van der Waals surface area contributed by atoms with E-state index in [0.29, 0.717) is 5.00 Å². The molecule has 198 valence electrons. The molecule has 6 nitrogen and oxygen atoms in total. The number of para-hydroxylation sites is 1. The largest absolute Gasteiger partial charge is 0.313 e. The Morgan fingerprint density at radius 3 is 2.51 bits per heavy atom. The summed E-state index contributed by atoms with van der Waals surface area (Å²) in [5.74, 6) is -0.497. The van der Waals surface area contributed by atoms with Crippen molar-refractivity contribution in [2.75, 3.05) is 17.6 Å². The van der Waals surface area contributed by atoms with Gasteiger partial charge in [0.2, 0.25) is 0 Å². The van der Waals surface area contributed by atoms with Crippen LogP contribution in [0.4, 0.5) is 5.00 Å².